The maximum Gasteiger partial charge on any atom is 0.308 e. The number of halogens is 2. The molecule has 15 aromatic heterocycles. The number of hydrogen-bond acceptors (Lipinski definition) is 17. The van der Waals surface area contributed by atoms with Gasteiger partial charge in [0.1, 0.15) is 0 Å². The van der Waals surface area contributed by atoms with E-state index in [4.69, 9.17) is 14.2 Å². The topological polar surface area (TPSA) is 294 Å². The first-order chi connectivity index (χ1) is 69.8. The van der Waals surface area contributed by atoms with Crippen LogP contribution < -0.4 is 0 Å². The Balaban J connectivity index is 0.000000112. The second-order valence-corrected chi connectivity index (χ2v) is 38.4. The Labute approximate surface area is 843 Å². The van der Waals surface area contributed by atoms with E-state index in [1.54, 1.807) is 23.3 Å². The van der Waals surface area contributed by atoms with Crippen molar-refractivity contribution in [2.45, 2.75) is 103 Å². The van der Waals surface area contributed by atoms with E-state index in [9.17, 15) is 29.1 Å². The summed E-state index contributed by atoms with van der Waals surface area (Å²) < 4.78 is 33.4. The molecule has 18 aromatic rings. The number of hydrogen-bond donors (Lipinski definition) is 1. The van der Waals surface area contributed by atoms with Crippen molar-refractivity contribution in [2.75, 3.05) is 34.4 Å². The fraction of sp³-hybridized carbons (Fsp3) is 0.257. The fourth-order valence-electron chi connectivity index (χ4n) is 20.0. The Kier molecular flexibility index (Phi) is 29.4. The van der Waals surface area contributed by atoms with Gasteiger partial charge in [0.2, 0.25) is 5.91 Å². The molecule has 0 radical (unpaired) electrons. The summed E-state index contributed by atoms with van der Waals surface area (Å²) >= 11 is 6.96. The number of carbonyl (C=O) groups is 5. The smallest absolute Gasteiger partial charge is 0.308 e. The van der Waals surface area contributed by atoms with Crippen LogP contribution in [0.1, 0.15) is 131 Å². The molecule has 5 unspecified atom stereocenters. The van der Waals surface area contributed by atoms with Gasteiger partial charge in [-0.2, -0.15) is 45.9 Å². The molecule has 6 aliphatic rings. The Morgan fingerprint density at radius 1 is 0.308 bits per heavy atom. The normalized spacial score (nSPS) is 17.2. The van der Waals surface area contributed by atoms with Crippen LogP contribution in [0.5, 0.6) is 0 Å². The predicted molar refractivity (Wildman–Crippen MR) is 561 cm³/mol. The summed E-state index contributed by atoms with van der Waals surface area (Å²) in [6.45, 7) is 1.87. The van der Waals surface area contributed by atoms with Gasteiger partial charge in [0.25, 0.3) is 0 Å². The molecule has 0 spiro atoms. The first kappa shape index (κ1) is 96.3. The zero-order chi connectivity index (χ0) is 98.7. The number of rotatable bonds is 16. The van der Waals surface area contributed by atoms with Gasteiger partial charge in [-0.15, -0.1) is 0 Å². The van der Waals surface area contributed by atoms with Crippen molar-refractivity contribution in [3.05, 3.63) is 336 Å². The summed E-state index contributed by atoms with van der Waals surface area (Å²) in [5.41, 5.74) is 32.2. The standard InChI is InChI=1S/C27H27N5O.C25H24N4O2.C24H22N4O2.C15H15BrN2O2.C15H16N2O2.C7H5BrN2/c1-30-18-23(16-28-30)19-5-7-21(8-6-19)25-17-29-32-15-2-4-24(26(25)32)20-9-11-22(12-10-20)27(33)31-13-3-14-31;1-28-16-21(14-26-28)17-5-7-19(8-6-17)23-15-27-29-13-3-4-22(24(23)29)18-9-11-20(12-10-18)25(30)31-2;1-27-15-20(13-25-27)16-4-6-18(7-5-16)22-14-26-28-12-2-3-21(23(22)28)17-8-10-19(11-9-17)24(29)30;1-20-15(19)11-6-4-10(5-7-11)12-3-2-8-18-14(12)13(16)9-17-18;1-19-15(18)12-6-4-11(5-7-12)13-3-2-10-17-14(13)8-9-16-17;8-6-2-1-5-10-7(6)3-4-9-10/h2,4-9,15-18,22H,3,10-14H2,1H3;3-9,13-16,20H,10-12H2,1-2H3;2-8,12-15,19H,9-11H2,1H3,(H,29,30);2-4,8-9,11H,5-7H2,1H3;2-4,8-10,12H,5-7H2,1H3;1-5H. The van der Waals surface area contributed by atoms with Crippen LogP contribution in [0.4, 0.5) is 0 Å². The van der Waals surface area contributed by atoms with Crippen LogP contribution in [0.2, 0.25) is 0 Å². The lowest BCUT2D eigenvalue weighted by atomic mass is 9.84. The molecule has 5 aliphatic carbocycles. The number of pyridine rings is 6. The number of ether oxygens (including phenoxy) is 3. The summed E-state index contributed by atoms with van der Waals surface area (Å²) in [5, 5.41) is 48.5. The largest absolute Gasteiger partial charge is 0.481 e. The van der Waals surface area contributed by atoms with E-state index in [0.29, 0.717) is 25.2 Å². The number of likely N-dealkylation sites (tertiary alicyclic amines) is 1. The van der Waals surface area contributed by atoms with Gasteiger partial charge in [0.05, 0.1) is 132 Å². The van der Waals surface area contributed by atoms with E-state index < -0.39 is 5.97 Å². The van der Waals surface area contributed by atoms with Crippen LogP contribution in [0, 0.1) is 29.6 Å². The third kappa shape index (κ3) is 21.3. The molecule has 16 heterocycles. The molecule has 3 aromatic carbocycles. The number of benzene rings is 3. The van der Waals surface area contributed by atoms with Gasteiger partial charge in [-0.25, -0.2) is 27.1 Å². The van der Waals surface area contributed by atoms with Crippen molar-refractivity contribution in [3.63, 3.8) is 0 Å². The van der Waals surface area contributed by atoms with Gasteiger partial charge >= 0.3 is 23.9 Å². The minimum Gasteiger partial charge on any atom is -0.481 e. The SMILES string of the molecule is Brc1cccn2nccc12.COC(=O)C1CC=C(c2cccn3ncc(-c4ccc(-c5cnn(C)c5)cc4)c23)CC1.COC(=O)C1CC=C(c2cccn3ncc(Br)c23)CC1.COC(=O)C1CC=C(c2cccn3nccc23)CC1.Cn1cc(-c2ccc(-c3cnn4cccc(C5=CCC(C(=O)N6CCC6)CC5)c34)cc2)cn1.Cn1cc(-c2ccc(-c3cnn4cccc(C5=CCC(C(=O)O)CC5)c34)cc2)cn1. The van der Waals surface area contributed by atoms with Crippen molar-refractivity contribution < 1.29 is 43.3 Å². The molecule has 1 amide bonds. The average molecular weight is 2040 g/mol. The number of amides is 1. The number of aromatic nitrogens is 18. The highest BCUT2D eigenvalue weighted by molar-refractivity contribution is 9.11. The maximum atomic E-state index is 12.6. The van der Waals surface area contributed by atoms with Gasteiger partial charge in [-0.3, -0.25) is 38.0 Å². The number of esters is 3. The second kappa shape index (κ2) is 43.7. The van der Waals surface area contributed by atoms with Crippen LogP contribution in [0.25, 0.3) is 128 Å². The van der Waals surface area contributed by atoms with Crippen LogP contribution in [-0.2, 0) is 59.3 Å². The number of aliphatic carboxylic acids is 1. The number of carboxylic acids is 1. The van der Waals surface area contributed by atoms with Gasteiger partial charge in [0.15, 0.2) is 0 Å². The maximum absolute atomic E-state index is 12.6. The molecular formula is C113H109Br2N19O9. The molecule has 1 aliphatic heterocycles. The number of nitrogens with zero attached hydrogens (tertiary/aromatic N) is 19. The molecule has 28 nitrogen and oxygen atoms in total. The lowest BCUT2D eigenvalue weighted by Gasteiger charge is -2.35. The van der Waals surface area contributed by atoms with E-state index in [0.717, 1.165) is 211 Å². The summed E-state index contributed by atoms with van der Waals surface area (Å²) in [4.78, 5) is 60.9. The Morgan fingerprint density at radius 3 is 0.944 bits per heavy atom. The van der Waals surface area contributed by atoms with E-state index in [1.807, 2.05) is 204 Å². The summed E-state index contributed by atoms with van der Waals surface area (Å²) in [7, 11) is 10.1. The van der Waals surface area contributed by atoms with Crippen molar-refractivity contribution in [1.82, 2.24) is 91.9 Å². The first-order valence-electron chi connectivity index (χ1n) is 48.3. The van der Waals surface area contributed by atoms with E-state index in [-0.39, 0.29) is 47.5 Å². The van der Waals surface area contributed by atoms with Crippen LogP contribution in [0.15, 0.2) is 309 Å². The number of carbonyl (C=O) groups excluding carboxylic acids is 4. The van der Waals surface area contributed by atoms with Crippen LogP contribution in [-0.4, -0.2) is 161 Å². The molecule has 724 valence electrons. The van der Waals surface area contributed by atoms with Gasteiger partial charge in [-0.05, 0) is 250 Å². The molecular weight excluding hydrogens is 1930 g/mol. The molecule has 143 heavy (non-hydrogen) atoms. The van der Waals surface area contributed by atoms with E-state index >= 15 is 0 Å². The summed E-state index contributed by atoms with van der Waals surface area (Å²) in [5.74, 6) is -0.867. The Hall–Kier alpha value is -15.6. The highest BCUT2D eigenvalue weighted by atomic mass is 79.9. The Bertz CT molecular complexity index is 7880. The van der Waals surface area contributed by atoms with E-state index in [1.165, 1.54) is 71.4 Å². The fourth-order valence-corrected chi connectivity index (χ4v) is 20.9. The minimum absolute atomic E-state index is 0.00293. The highest BCUT2D eigenvalue weighted by Gasteiger charge is 2.33. The van der Waals surface area contributed by atoms with Crippen molar-refractivity contribution in [1.29, 1.82) is 0 Å². The van der Waals surface area contributed by atoms with Crippen LogP contribution in [0.3, 0.4) is 0 Å². The predicted octanol–water partition coefficient (Wildman–Crippen LogP) is 22.5. The lowest BCUT2D eigenvalue weighted by Crippen LogP contribution is -2.45. The summed E-state index contributed by atoms with van der Waals surface area (Å²) in [6.07, 6.45) is 58.6. The monoisotopic (exact) mass is 2030 g/mol. The van der Waals surface area contributed by atoms with Crippen molar-refractivity contribution in [3.8, 4) is 66.8 Å². The molecule has 1 N–H and O–H groups in total. The summed E-state index contributed by atoms with van der Waals surface area (Å²) in [6, 6.07) is 54.2. The molecule has 5 atom stereocenters. The zero-order valence-electron chi connectivity index (χ0n) is 80.4. The molecule has 0 bridgehead atoms. The number of aryl methyl sites for hydroxylation is 3. The molecule has 24 rings (SSSR count). The lowest BCUT2D eigenvalue weighted by molar-refractivity contribution is -0.146. The third-order valence-corrected chi connectivity index (χ3v) is 29.1. The molecule has 0 saturated carbocycles. The molecule has 1 saturated heterocycles. The van der Waals surface area contributed by atoms with Gasteiger partial charge in [0, 0.05) is 168 Å². The van der Waals surface area contributed by atoms with Crippen molar-refractivity contribution in [2.24, 2.45) is 50.7 Å². The first-order valence-corrected chi connectivity index (χ1v) is 49.9. The Morgan fingerprint density at radius 2 is 0.615 bits per heavy atom. The molecule has 1 fully saturated rings. The number of allylic oxidation sites excluding steroid dienone is 10. The quantitative estimate of drug-likeness (QED) is 0.0694. The van der Waals surface area contributed by atoms with Crippen LogP contribution >= 0.6 is 31.9 Å². The van der Waals surface area contributed by atoms with Gasteiger partial charge in [-0.1, -0.05) is 134 Å². The molecule has 30 heteroatoms. The number of carboxylic acid groups (broad SMARTS) is 1. The van der Waals surface area contributed by atoms with Gasteiger partial charge < -0.3 is 24.2 Å². The third-order valence-electron chi connectivity index (χ3n) is 27.9. The number of fused-ring (bicyclic) bond motifs is 6. The van der Waals surface area contributed by atoms with Crippen molar-refractivity contribution >= 4 is 123 Å². The minimum atomic E-state index is -0.706. The second-order valence-electron chi connectivity index (χ2n) is 36.7. The highest BCUT2D eigenvalue weighted by Crippen LogP contribution is 2.44. The number of methoxy groups -OCH3 is 3. The average Bonchev–Trinajstić information content (AvgIpc) is 0.878. The van der Waals surface area contributed by atoms with E-state index in [2.05, 4.69) is 217 Å². The zero-order valence-corrected chi connectivity index (χ0v) is 83.5.